The van der Waals surface area contributed by atoms with Crippen molar-refractivity contribution in [1.29, 1.82) is 0 Å². The first-order valence-corrected chi connectivity index (χ1v) is 8.48. The van der Waals surface area contributed by atoms with Gasteiger partial charge in [-0.1, -0.05) is 40.2 Å². The van der Waals surface area contributed by atoms with Crippen LogP contribution < -0.4 is 5.32 Å². The van der Waals surface area contributed by atoms with Crippen molar-refractivity contribution in [3.63, 3.8) is 0 Å². The van der Waals surface area contributed by atoms with E-state index in [-0.39, 0.29) is 12.0 Å². The minimum absolute atomic E-state index is 0.242. The fourth-order valence-electron chi connectivity index (χ4n) is 3.73. The van der Waals surface area contributed by atoms with Crippen molar-refractivity contribution in [3.05, 3.63) is 75.8 Å². The maximum atomic E-state index is 11.3. The average Bonchev–Trinajstić information content (AvgIpc) is 3.04. The minimum atomic E-state index is -0.874. The van der Waals surface area contributed by atoms with Crippen LogP contribution in [0.2, 0.25) is 0 Å². The third-order valence-corrected chi connectivity index (χ3v) is 5.37. The molecule has 0 fully saturated rings. The lowest BCUT2D eigenvalue weighted by Gasteiger charge is -2.37. The van der Waals surface area contributed by atoms with Gasteiger partial charge in [0.1, 0.15) is 0 Å². The monoisotopic (exact) mass is 369 g/mol. The summed E-state index contributed by atoms with van der Waals surface area (Å²) < 4.78 is 1.07. The van der Waals surface area contributed by atoms with E-state index in [0.29, 0.717) is 11.5 Å². The van der Waals surface area contributed by atoms with Gasteiger partial charge >= 0.3 is 5.97 Å². The number of carboxylic acid groups (broad SMARTS) is 1. The first kappa shape index (κ1) is 14.5. The van der Waals surface area contributed by atoms with Gasteiger partial charge in [-0.3, -0.25) is 0 Å². The molecule has 0 aromatic heterocycles. The standard InChI is InChI=1S/C19H16BrNO2/c20-13-7-4-11(5-8-13)18-15-3-1-2-14(15)16-10-12(19(22)23)6-9-17(16)21-18/h1-2,4-10,14-15,18,21H,3H2,(H,22,23)/t14-,15-,18+/m0/s1. The van der Waals surface area contributed by atoms with Gasteiger partial charge in [-0.25, -0.2) is 4.79 Å². The molecule has 3 nitrogen and oxygen atoms in total. The van der Waals surface area contributed by atoms with Crippen molar-refractivity contribution >= 4 is 27.6 Å². The summed E-state index contributed by atoms with van der Waals surface area (Å²) in [5, 5.41) is 12.9. The number of halogens is 1. The Kier molecular flexibility index (Phi) is 3.49. The number of nitrogens with one attached hydrogen (secondary N) is 1. The number of hydrogen-bond acceptors (Lipinski definition) is 2. The molecule has 23 heavy (non-hydrogen) atoms. The summed E-state index contributed by atoms with van der Waals surface area (Å²) in [5.41, 5.74) is 3.75. The summed E-state index contributed by atoms with van der Waals surface area (Å²) in [6.07, 6.45) is 5.45. The van der Waals surface area contributed by atoms with Crippen molar-refractivity contribution in [2.45, 2.75) is 18.4 Å². The van der Waals surface area contributed by atoms with E-state index in [2.05, 4.69) is 57.7 Å². The Bertz CT molecular complexity index is 798. The molecule has 116 valence electrons. The SMILES string of the molecule is O=C(O)c1ccc2c(c1)[C@H]1C=CC[C@@H]1[C@@H](c1ccc(Br)cc1)N2. The van der Waals surface area contributed by atoms with Crippen LogP contribution in [0.25, 0.3) is 0 Å². The molecule has 2 aromatic rings. The third-order valence-electron chi connectivity index (χ3n) is 4.84. The fraction of sp³-hybridized carbons (Fsp3) is 0.211. The molecule has 2 N–H and O–H groups in total. The molecule has 2 aromatic carbocycles. The summed E-state index contributed by atoms with van der Waals surface area (Å²) >= 11 is 3.48. The smallest absolute Gasteiger partial charge is 0.335 e. The molecule has 1 heterocycles. The molecule has 0 unspecified atom stereocenters. The van der Waals surface area contributed by atoms with Gasteiger partial charge < -0.3 is 10.4 Å². The molecule has 0 saturated heterocycles. The average molecular weight is 370 g/mol. The maximum Gasteiger partial charge on any atom is 0.335 e. The van der Waals surface area contributed by atoms with Gasteiger partial charge in [-0.15, -0.1) is 0 Å². The van der Waals surface area contributed by atoms with E-state index in [1.807, 2.05) is 12.1 Å². The predicted molar refractivity (Wildman–Crippen MR) is 93.9 cm³/mol. The molecule has 0 amide bonds. The summed E-state index contributed by atoms with van der Waals surface area (Å²) in [4.78, 5) is 11.3. The highest BCUT2D eigenvalue weighted by Crippen LogP contribution is 2.49. The molecule has 0 radical (unpaired) electrons. The first-order chi connectivity index (χ1) is 11.1. The third kappa shape index (κ3) is 2.47. The van der Waals surface area contributed by atoms with Crippen LogP contribution in [0.4, 0.5) is 5.69 Å². The van der Waals surface area contributed by atoms with E-state index < -0.39 is 5.97 Å². The number of anilines is 1. The predicted octanol–water partition coefficient (Wildman–Crippen LogP) is 4.97. The second kappa shape index (κ2) is 5.53. The Morgan fingerprint density at radius 3 is 2.70 bits per heavy atom. The van der Waals surface area contributed by atoms with Gasteiger partial charge in [0.15, 0.2) is 0 Å². The molecule has 0 bridgehead atoms. The summed E-state index contributed by atoms with van der Waals surface area (Å²) in [7, 11) is 0. The van der Waals surface area contributed by atoms with E-state index in [9.17, 15) is 9.90 Å². The van der Waals surface area contributed by atoms with Crippen LogP contribution in [0, 0.1) is 5.92 Å². The van der Waals surface area contributed by atoms with Crippen molar-refractivity contribution in [2.24, 2.45) is 5.92 Å². The van der Waals surface area contributed by atoms with Crippen molar-refractivity contribution in [2.75, 3.05) is 5.32 Å². The Labute approximate surface area is 143 Å². The lowest BCUT2D eigenvalue weighted by atomic mass is 9.76. The van der Waals surface area contributed by atoms with Gasteiger partial charge in [0.2, 0.25) is 0 Å². The quantitative estimate of drug-likeness (QED) is 0.734. The number of benzene rings is 2. The molecule has 2 aliphatic rings. The second-order valence-electron chi connectivity index (χ2n) is 6.13. The number of hydrogen-bond donors (Lipinski definition) is 2. The minimum Gasteiger partial charge on any atom is -0.478 e. The molecular weight excluding hydrogens is 354 g/mol. The van der Waals surface area contributed by atoms with Gasteiger partial charge in [0.25, 0.3) is 0 Å². The van der Waals surface area contributed by atoms with Gasteiger partial charge in [-0.05, 0) is 53.8 Å². The first-order valence-electron chi connectivity index (χ1n) is 7.69. The topological polar surface area (TPSA) is 49.3 Å². The molecule has 4 rings (SSSR count). The fourth-order valence-corrected chi connectivity index (χ4v) is 3.99. The Hall–Kier alpha value is -2.07. The van der Waals surface area contributed by atoms with Crippen molar-refractivity contribution in [1.82, 2.24) is 0 Å². The van der Waals surface area contributed by atoms with Gasteiger partial charge in [0, 0.05) is 16.1 Å². The molecular formula is C19H16BrNO2. The van der Waals surface area contributed by atoms with Crippen molar-refractivity contribution in [3.8, 4) is 0 Å². The molecule has 3 atom stereocenters. The van der Waals surface area contributed by atoms with Crippen LogP contribution in [0.1, 0.15) is 39.9 Å². The van der Waals surface area contributed by atoms with Gasteiger partial charge in [-0.2, -0.15) is 0 Å². The van der Waals surface area contributed by atoms with Crippen LogP contribution in [-0.4, -0.2) is 11.1 Å². The summed E-state index contributed by atoms with van der Waals surface area (Å²) in [6.45, 7) is 0. The highest BCUT2D eigenvalue weighted by molar-refractivity contribution is 9.10. The van der Waals surface area contributed by atoms with Crippen molar-refractivity contribution < 1.29 is 9.90 Å². The van der Waals surface area contributed by atoms with Crippen LogP contribution in [0.3, 0.4) is 0 Å². The molecule has 0 saturated carbocycles. The van der Waals surface area contributed by atoms with E-state index >= 15 is 0 Å². The number of allylic oxidation sites excluding steroid dienone is 2. The number of fused-ring (bicyclic) bond motifs is 3. The van der Waals surface area contributed by atoms with E-state index in [1.54, 1.807) is 6.07 Å². The number of carboxylic acids is 1. The van der Waals surface area contributed by atoms with Crippen LogP contribution in [-0.2, 0) is 0 Å². The van der Waals surface area contributed by atoms with Crippen LogP contribution in [0.5, 0.6) is 0 Å². The van der Waals surface area contributed by atoms with Gasteiger partial charge in [0.05, 0.1) is 11.6 Å². The normalized spacial score (nSPS) is 24.7. The Balaban J connectivity index is 1.77. The largest absolute Gasteiger partial charge is 0.478 e. The zero-order chi connectivity index (χ0) is 16.0. The molecule has 1 aliphatic carbocycles. The van der Waals surface area contributed by atoms with E-state index in [4.69, 9.17) is 0 Å². The zero-order valence-corrected chi connectivity index (χ0v) is 14.0. The van der Waals surface area contributed by atoms with E-state index in [0.717, 1.165) is 22.1 Å². The van der Waals surface area contributed by atoms with Crippen LogP contribution in [0.15, 0.2) is 59.1 Å². The molecule has 4 heteroatoms. The lowest BCUT2D eigenvalue weighted by molar-refractivity contribution is 0.0696. The number of carbonyl (C=O) groups is 1. The van der Waals surface area contributed by atoms with Crippen LogP contribution >= 0.6 is 15.9 Å². The maximum absolute atomic E-state index is 11.3. The highest BCUT2D eigenvalue weighted by atomic mass is 79.9. The second-order valence-corrected chi connectivity index (χ2v) is 7.05. The highest BCUT2D eigenvalue weighted by Gasteiger charge is 2.38. The number of aromatic carboxylic acids is 1. The zero-order valence-electron chi connectivity index (χ0n) is 12.4. The molecule has 1 aliphatic heterocycles. The van der Waals surface area contributed by atoms with E-state index in [1.165, 1.54) is 5.56 Å². The Morgan fingerprint density at radius 1 is 1.17 bits per heavy atom. The lowest BCUT2D eigenvalue weighted by Crippen LogP contribution is -2.29. The Morgan fingerprint density at radius 2 is 1.96 bits per heavy atom. The number of rotatable bonds is 2. The molecule has 0 spiro atoms. The summed E-state index contributed by atoms with van der Waals surface area (Å²) in [6, 6.07) is 14.1. The summed E-state index contributed by atoms with van der Waals surface area (Å²) in [5.74, 6) is -0.173.